The number of benzene rings is 2. The standard InChI is InChI=1S/C27H28N4O5S/c1-17-8-6-7-11-19(17)15-31-26(35)23-27(31,2)37-16-30(23)25(34)22(32)21(14-18-9-4-3-5-10-18)28-24(33)20-12-13-36-29-20/h3-13,21-23,32H,14-16H2,1-2H3,(H,28,33)/t21-,22-,23+,27?/m0/s1. The zero-order chi connectivity index (χ0) is 26.2. The molecule has 5 rings (SSSR count). The Bertz CT molecular complexity index is 1300. The Kier molecular flexibility index (Phi) is 6.78. The fourth-order valence-electron chi connectivity index (χ4n) is 4.94. The average molecular weight is 521 g/mol. The van der Waals surface area contributed by atoms with E-state index in [2.05, 4.69) is 10.5 Å². The molecule has 0 radical (unpaired) electrons. The molecular weight excluding hydrogens is 492 g/mol. The van der Waals surface area contributed by atoms with Crippen LogP contribution in [0.5, 0.6) is 0 Å². The highest BCUT2D eigenvalue weighted by Gasteiger charge is 2.65. The zero-order valence-electron chi connectivity index (χ0n) is 20.5. The Morgan fingerprint density at radius 3 is 2.62 bits per heavy atom. The molecule has 0 bridgehead atoms. The predicted octanol–water partition coefficient (Wildman–Crippen LogP) is 2.35. The van der Waals surface area contributed by atoms with Gasteiger partial charge in [0.2, 0.25) is 5.91 Å². The van der Waals surface area contributed by atoms with Gasteiger partial charge in [-0.3, -0.25) is 14.4 Å². The molecule has 2 N–H and O–H groups in total. The second-order valence-corrected chi connectivity index (χ2v) is 10.9. The average Bonchev–Trinajstić information content (AvgIpc) is 3.55. The highest BCUT2D eigenvalue weighted by molar-refractivity contribution is 8.01. The number of carbonyl (C=O) groups is 3. The molecule has 1 aromatic heterocycles. The number of thioether (sulfide) groups is 1. The van der Waals surface area contributed by atoms with Gasteiger partial charge in [0.05, 0.1) is 11.9 Å². The summed E-state index contributed by atoms with van der Waals surface area (Å²) in [5.74, 6) is -1.04. The van der Waals surface area contributed by atoms with Gasteiger partial charge in [-0.2, -0.15) is 0 Å². The summed E-state index contributed by atoms with van der Waals surface area (Å²) in [6.07, 6.45) is -0.0685. The van der Waals surface area contributed by atoms with E-state index in [4.69, 9.17) is 4.52 Å². The number of hydrogen-bond acceptors (Lipinski definition) is 7. The number of aliphatic hydroxyl groups is 1. The van der Waals surface area contributed by atoms with Crippen molar-refractivity contribution in [2.75, 3.05) is 5.88 Å². The van der Waals surface area contributed by atoms with Crippen LogP contribution in [0, 0.1) is 6.92 Å². The van der Waals surface area contributed by atoms with E-state index in [1.165, 1.54) is 29.0 Å². The van der Waals surface area contributed by atoms with Crippen molar-refractivity contribution >= 4 is 29.5 Å². The van der Waals surface area contributed by atoms with E-state index in [-0.39, 0.29) is 23.9 Å². The first-order valence-corrected chi connectivity index (χ1v) is 13.0. The number of nitrogens with one attached hydrogen (secondary N) is 1. The molecule has 37 heavy (non-hydrogen) atoms. The molecule has 3 amide bonds. The molecule has 2 saturated heterocycles. The first-order valence-electron chi connectivity index (χ1n) is 12.0. The smallest absolute Gasteiger partial charge is 0.273 e. The van der Waals surface area contributed by atoms with Crippen molar-refractivity contribution in [2.45, 2.75) is 49.9 Å². The summed E-state index contributed by atoms with van der Waals surface area (Å²) in [6.45, 7) is 4.42. The largest absolute Gasteiger partial charge is 0.381 e. The van der Waals surface area contributed by atoms with Crippen molar-refractivity contribution in [1.82, 2.24) is 20.3 Å². The number of carbonyl (C=O) groups excluding carboxylic acids is 3. The van der Waals surface area contributed by atoms with Gasteiger partial charge in [-0.1, -0.05) is 59.8 Å². The SMILES string of the molecule is Cc1ccccc1CN1C(=O)[C@H]2N(C(=O)[C@@H](O)[C@H](Cc3ccccc3)NC(=O)c3ccon3)CSC21C. The monoisotopic (exact) mass is 520 g/mol. The van der Waals surface area contributed by atoms with E-state index in [1.54, 1.807) is 4.90 Å². The Balaban J connectivity index is 1.33. The van der Waals surface area contributed by atoms with E-state index >= 15 is 0 Å². The summed E-state index contributed by atoms with van der Waals surface area (Å²) in [6, 6.07) is 17.0. The van der Waals surface area contributed by atoms with Gasteiger partial charge in [0.25, 0.3) is 11.8 Å². The zero-order valence-corrected chi connectivity index (χ0v) is 21.4. The molecule has 2 fully saturated rings. The number of likely N-dealkylation sites (tertiary alicyclic amines) is 1. The number of hydrogen-bond donors (Lipinski definition) is 2. The minimum atomic E-state index is -1.56. The van der Waals surface area contributed by atoms with Crippen molar-refractivity contribution in [3.63, 3.8) is 0 Å². The van der Waals surface area contributed by atoms with Crippen LogP contribution < -0.4 is 5.32 Å². The summed E-state index contributed by atoms with van der Waals surface area (Å²) in [7, 11) is 0. The molecule has 0 spiro atoms. The first kappa shape index (κ1) is 25.0. The summed E-state index contributed by atoms with van der Waals surface area (Å²) in [5.41, 5.74) is 3.03. The van der Waals surface area contributed by atoms with E-state index in [0.29, 0.717) is 6.54 Å². The van der Waals surface area contributed by atoms with Gasteiger partial charge in [0, 0.05) is 12.6 Å². The van der Waals surface area contributed by atoms with Crippen molar-refractivity contribution in [3.05, 3.63) is 89.3 Å². The van der Waals surface area contributed by atoms with Crippen LogP contribution in [0.1, 0.15) is 34.1 Å². The molecular formula is C27H28N4O5S. The lowest BCUT2D eigenvalue weighted by atomic mass is 9.91. The second-order valence-electron chi connectivity index (χ2n) is 9.49. The maximum absolute atomic E-state index is 13.5. The molecule has 2 aliphatic heterocycles. The normalized spacial score (nSPS) is 22.2. The fraction of sp³-hybridized carbons (Fsp3) is 0.333. The molecule has 9 nitrogen and oxygen atoms in total. The Morgan fingerprint density at radius 1 is 1.19 bits per heavy atom. The van der Waals surface area contributed by atoms with Crippen LogP contribution in [0.25, 0.3) is 0 Å². The van der Waals surface area contributed by atoms with Gasteiger partial charge in [0.1, 0.15) is 17.2 Å². The molecule has 3 heterocycles. The van der Waals surface area contributed by atoms with Crippen LogP contribution in [-0.4, -0.2) is 66.7 Å². The summed E-state index contributed by atoms with van der Waals surface area (Å²) < 4.78 is 4.75. The van der Waals surface area contributed by atoms with Crippen LogP contribution in [0.4, 0.5) is 0 Å². The van der Waals surface area contributed by atoms with E-state index < -0.39 is 34.9 Å². The molecule has 2 aromatic carbocycles. The number of amides is 3. The second kappa shape index (κ2) is 10.0. The Labute approximate surface area is 218 Å². The van der Waals surface area contributed by atoms with E-state index in [9.17, 15) is 19.5 Å². The number of aryl methyl sites for hydroxylation is 1. The lowest BCUT2D eigenvalue weighted by Crippen LogP contribution is -2.73. The van der Waals surface area contributed by atoms with Gasteiger partial charge in [-0.05, 0) is 37.0 Å². The maximum Gasteiger partial charge on any atom is 0.273 e. The molecule has 10 heteroatoms. The summed E-state index contributed by atoms with van der Waals surface area (Å²) in [5, 5.41) is 17.6. The van der Waals surface area contributed by atoms with Crippen LogP contribution >= 0.6 is 11.8 Å². The number of β-lactam (4-membered cyclic amide) rings is 1. The number of aromatic nitrogens is 1. The maximum atomic E-state index is 13.5. The van der Waals surface area contributed by atoms with Gasteiger partial charge in [0.15, 0.2) is 11.8 Å². The molecule has 2 aliphatic rings. The third-order valence-electron chi connectivity index (χ3n) is 7.14. The predicted molar refractivity (Wildman–Crippen MR) is 137 cm³/mol. The third-order valence-corrected chi connectivity index (χ3v) is 8.58. The number of rotatable bonds is 8. The molecule has 192 valence electrons. The van der Waals surface area contributed by atoms with Crippen molar-refractivity contribution in [2.24, 2.45) is 0 Å². The minimum Gasteiger partial charge on any atom is -0.381 e. The van der Waals surface area contributed by atoms with Crippen LogP contribution in [0.15, 0.2) is 71.4 Å². The molecule has 4 atom stereocenters. The van der Waals surface area contributed by atoms with Gasteiger partial charge in [-0.15, -0.1) is 11.8 Å². The van der Waals surface area contributed by atoms with Crippen molar-refractivity contribution in [1.29, 1.82) is 0 Å². The van der Waals surface area contributed by atoms with Gasteiger partial charge >= 0.3 is 0 Å². The Morgan fingerprint density at radius 2 is 1.92 bits per heavy atom. The molecule has 0 aliphatic carbocycles. The summed E-state index contributed by atoms with van der Waals surface area (Å²) >= 11 is 1.50. The molecule has 3 aromatic rings. The van der Waals surface area contributed by atoms with E-state index in [1.807, 2.05) is 68.4 Å². The fourth-order valence-corrected chi connectivity index (χ4v) is 6.31. The van der Waals surface area contributed by atoms with Crippen LogP contribution in [-0.2, 0) is 22.6 Å². The lowest BCUT2D eigenvalue weighted by Gasteiger charge is -2.53. The van der Waals surface area contributed by atoms with Gasteiger partial charge < -0.3 is 24.7 Å². The van der Waals surface area contributed by atoms with Crippen LogP contribution in [0.3, 0.4) is 0 Å². The third kappa shape index (κ3) is 4.62. The first-order chi connectivity index (χ1) is 17.8. The highest BCUT2D eigenvalue weighted by Crippen LogP contribution is 2.51. The Hall–Kier alpha value is -3.63. The highest BCUT2D eigenvalue weighted by atomic mass is 32.2. The number of fused-ring (bicyclic) bond motifs is 1. The molecule has 0 saturated carbocycles. The number of nitrogens with zero attached hydrogens (tertiary/aromatic N) is 3. The topological polar surface area (TPSA) is 116 Å². The quantitative estimate of drug-likeness (QED) is 0.438. The number of aliphatic hydroxyl groups excluding tert-OH is 1. The lowest BCUT2D eigenvalue weighted by molar-refractivity contribution is -0.168. The van der Waals surface area contributed by atoms with Gasteiger partial charge in [-0.25, -0.2) is 0 Å². The van der Waals surface area contributed by atoms with Crippen molar-refractivity contribution < 1.29 is 24.0 Å². The minimum absolute atomic E-state index is 0.0445. The van der Waals surface area contributed by atoms with Crippen molar-refractivity contribution in [3.8, 4) is 0 Å². The molecule has 1 unspecified atom stereocenters. The van der Waals surface area contributed by atoms with Crippen LogP contribution in [0.2, 0.25) is 0 Å². The van der Waals surface area contributed by atoms with E-state index in [0.717, 1.165) is 16.7 Å². The summed E-state index contributed by atoms with van der Waals surface area (Å²) in [4.78, 5) is 42.1.